The van der Waals surface area contributed by atoms with Crippen molar-refractivity contribution in [2.24, 2.45) is 5.92 Å². The zero-order chi connectivity index (χ0) is 22.9. The third-order valence-electron chi connectivity index (χ3n) is 6.09. The highest BCUT2D eigenvalue weighted by Gasteiger charge is 2.43. The molecule has 0 saturated heterocycles. The average Bonchev–Trinajstić information content (AvgIpc) is 3.59. The summed E-state index contributed by atoms with van der Waals surface area (Å²) in [5, 5.41) is 14.9. The normalized spacial score (nSPS) is 17.1. The Labute approximate surface area is 192 Å². The lowest BCUT2D eigenvalue weighted by molar-refractivity contribution is 0.0172. The van der Waals surface area contributed by atoms with Crippen LogP contribution in [0.4, 0.5) is 8.78 Å². The van der Waals surface area contributed by atoms with Gasteiger partial charge >= 0.3 is 0 Å². The van der Waals surface area contributed by atoms with E-state index in [2.05, 4.69) is 10.3 Å². The van der Waals surface area contributed by atoms with Gasteiger partial charge in [-0.3, -0.25) is 10.3 Å². The van der Waals surface area contributed by atoms with Crippen LogP contribution in [0, 0.1) is 12.8 Å². The summed E-state index contributed by atoms with van der Waals surface area (Å²) in [5.41, 5.74) is 1.98. The second kappa shape index (κ2) is 8.89. The Morgan fingerprint density at radius 3 is 2.41 bits per heavy atom. The molecule has 168 valence electrons. The number of alkyl halides is 2. The minimum absolute atomic E-state index is 0.0817. The fraction of sp³-hybridized carbons (Fsp3) is 0.346. The van der Waals surface area contributed by atoms with Crippen LogP contribution in [0.3, 0.4) is 0 Å². The zero-order valence-electron chi connectivity index (χ0n) is 18.2. The maximum absolute atomic E-state index is 14.3. The molecular weight excluding hydrogens is 430 g/mol. The van der Waals surface area contributed by atoms with Gasteiger partial charge in [-0.2, -0.15) is 0 Å². The van der Waals surface area contributed by atoms with Crippen LogP contribution in [0.15, 0.2) is 66.9 Å². The van der Waals surface area contributed by atoms with E-state index in [4.69, 9.17) is 11.6 Å². The first-order valence-corrected chi connectivity index (χ1v) is 11.2. The van der Waals surface area contributed by atoms with Gasteiger partial charge in [-0.05, 0) is 54.5 Å². The predicted molar refractivity (Wildman–Crippen MR) is 123 cm³/mol. The van der Waals surface area contributed by atoms with E-state index in [-0.39, 0.29) is 11.5 Å². The molecule has 2 aromatic carbocycles. The van der Waals surface area contributed by atoms with Crippen molar-refractivity contribution in [1.29, 1.82) is 0 Å². The Kier molecular flexibility index (Phi) is 6.35. The topological polar surface area (TPSA) is 45.2 Å². The highest BCUT2D eigenvalue weighted by molar-refractivity contribution is 6.30. The second-order valence-corrected chi connectivity index (χ2v) is 9.22. The number of aliphatic hydroxyl groups is 1. The van der Waals surface area contributed by atoms with Crippen LogP contribution in [0.5, 0.6) is 0 Å². The van der Waals surface area contributed by atoms with Crippen LogP contribution >= 0.6 is 11.6 Å². The number of nitrogens with zero attached hydrogens (tertiary/aromatic N) is 1. The number of halogens is 3. The third-order valence-corrected chi connectivity index (χ3v) is 6.29. The monoisotopic (exact) mass is 456 g/mol. The number of aryl methyl sites for hydroxylation is 1. The van der Waals surface area contributed by atoms with Gasteiger partial charge < -0.3 is 5.11 Å². The highest BCUT2D eigenvalue weighted by Crippen LogP contribution is 2.40. The van der Waals surface area contributed by atoms with Crippen molar-refractivity contribution in [3.8, 4) is 0 Å². The Morgan fingerprint density at radius 2 is 1.78 bits per heavy atom. The molecule has 1 fully saturated rings. The van der Waals surface area contributed by atoms with E-state index in [9.17, 15) is 13.9 Å². The molecular formula is C26H27ClF2N2O. The standard InChI is InChI=1S/C26H27ClF2N2O/c1-17-13-22(27)16-30-23(17)26(31-24(32)19-11-12-19,15-18-7-4-3-5-8-18)21-10-6-9-20(14-21)25(2,28)29/h3-10,13-14,16,19,24,31-32H,11-12,15H2,1-2H3/t24-,26?/m0/s1. The molecule has 1 aromatic heterocycles. The molecule has 0 amide bonds. The van der Waals surface area contributed by atoms with Gasteiger partial charge in [0.25, 0.3) is 5.92 Å². The van der Waals surface area contributed by atoms with Gasteiger partial charge in [-0.25, -0.2) is 8.78 Å². The van der Waals surface area contributed by atoms with E-state index < -0.39 is 17.7 Å². The predicted octanol–water partition coefficient (Wildman–Crippen LogP) is 5.96. The molecule has 6 heteroatoms. The summed E-state index contributed by atoms with van der Waals surface area (Å²) in [6.07, 6.45) is 3.05. The van der Waals surface area contributed by atoms with Gasteiger partial charge in [-0.15, -0.1) is 0 Å². The minimum atomic E-state index is -2.99. The van der Waals surface area contributed by atoms with Crippen LogP contribution in [-0.4, -0.2) is 16.3 Å². The number of aromatic nitrogens is 1. The first kappa shape index (κ1) is 22.8. The highest BCUT2D eigenvalue weighted by atomic mass is 35.5. The van der Waals surface area contributed by atoms with E-state index in [1.54, 1.807) is 12.3 Å². The number of nitrogens with one attached hydrogen (secondary N) is 1. The summed E-state index contributed by atoms with van der Waals surface area (Å²) >= 11 is 6.19. The molecule has 1 aliphatic carbocycles. The molecule has 1 heterocycles. The van der Waals surface area contributed by atoms with Crippen LogP contribution in [0.1, 0.15) is 47.7 Å². The van der Waals surface area contributed by atoms with E-state index in [1.165, 1.54) is 12.1 Å². The summed E-state index contributed by atoms with van der Waals surface area (Å²) in [7, 11) is 0. The summed E-state index contributed by atoms with van der Waals surface area (Å²) in [6, 6.07) is 18.0. The minimum Gasteiger partial charge on any atom is -0.378 e. The molecule has 0 spiro atoms. The number of hydrogen-bond donors (Lipinski definition) is 2. The lowest BCUT2D eigenvalue weighted by Crippen LogP contribution is -2.52. The van der Waals surface area contributed by atoms with Crippen molar-refractivity contribution >= 4 is 11.6 Å². The maximum Gasteiger partial charge on any atom is 0.270 e. The van der Waals surface area contributed by atoms with Gasteiger partial charge in [0.15, 0.2) is 0 Å². The molecule has 1 aliphatic rings. The van der Waals surface area contributed by atoms with Crippen molar-refractivity contribution in [3.05, 3.63) is 99.8 Å². The van der Waals surface area contributed by atoms with E-state index >= 15 is 0 Å². The third kappa shape index (κ3) is 4.85. The van der Waals surface area contributed by atoms with Gasteiger partial charge in [0.1, 0.15) is 6.23 Å². The van der Waals surface area contributed by atoms with E-state index in [1.807, 2.05) is 49.4 Å². The lowest BCUT2D eigenvalue weighted by Gasteiger charge is -2.39. The molecule has 0 radical (unpaired) electrons. The first-order chi connectivity index (χ1) is 15.2. The largest absolute Gasteiger partial charge is 0.378 e. The second-order valence-electron chi connectivity index (χ2n) is 8.78. The van der Waals surface area contributed by atoms with Crippen LogP contribution in [0.2, 0.25) is 5.02 Å². The molecule has 1 saturated carbocycles. The van der Waals surface area contributed by atoms with Crippen LogP contribution in [0.25, 0.3) is 0 Å². The van der Waals surface area contributed by atoms with Crippen molar-refractivity contribution in [1.82, 2.24) is 10.3 Å². The number of hydrogen-bond acceptors (Lipinski definition) is 3. The molecule has 0 aliphatic heterocycles. The molecule has 2 atom stereocenters. The van der Waals surface area contributed by atoms with Gasteiger partial charge in [0, 0.05) is 25.1 Å². The van der Waals surface area contributed by atoms with E-state index in [0.717, 1.165) is 30.9 Å². The van der Waals surface area contributed by atoms with Crippen LogP contribution in [-0.2, 0) is 17.9 Å². The van der Waals surface area contributed by atoms with Crippen LogP contribution < -0.4 is 5.32 Å². The summed E-state index contributed by atoms with van der Waals surface area (Å²) in [4.78, 5) is 4.65. The maximum atomic E-state index is 14.3. The fourth-order valence-electron chi connectivity index (χ4n) is 4.25. The van der Waals surface area contributed by atoms with Gasteiger partial charge in [-0.1, -0.05) is 60.1 Å². The molecule has 3 aromatic rings. The number of aliphatic hydroxyl groups excluding tert-OH is 1. The van der Waals surface area contributed by atoms with Gasteiger partial charge in [0.05, 0.1) is 16.3 Å². The smallest absolute Gasteiger partial charge is 0.270 e. The summed E-state index contributed by atoms with van der Waals surface area (Å²) < 4.78 is 28.6. The molecule has 3 nitrogen and oxygen atoms in total. The molecule has 4 rings (SSSR count). The number of benzene rings is 2. The fourth-order valence-corrected chi connectivity index (χ4v) is 4.47. The van der Waals surface area contributed by atoms with Crippen molar-refractivity contribution < 1.29 is 13.9 Å². The average molecular weight is 457 g/mol. The number of pyridine rings is 1. The molecule has 1 unspecified atom stereocenters. The van der Waals surface area contributed by atoms with Gasteiger partial charge in [0.2, 0.25) is 0 Å². The molecule has 0 bridgehead atoms. The van der Waals surface area contributed by atoms with Crippen molar-refractivity contribution in [3.63, 3.8) is 0 Å². The van der Waals surface area contributed by atoms with E-state index in [0.29, 0.717) is 22.7 Å². The van der Waals surface area contributed by atoms with Crippen molar-refractivity contribution in [2.45, 2.75) is 50.8 Å². The Balaban J connectivity index is 1.95. The van der Waals surface area contributed by atoms with Crippen molar-refractivity contribution in [2.75, 3.05) is 0 Å². The lowest BCUT2D eigenvalue weighted by atomic mass is 9.78. The Morgan fingerprint density at radius 1 is 1.09 bits per heavy atom. The SMILES string of the molecule is Cc1cc(Cl)cnc1C(Cc1ccccc1)(N[C@@H](O)C1CC1)c1cccc(C(C)(F)F)c1. The zero-order valence-corrected chi connectivity index (χ0v) is 18.9. The molecule has 32 heavy (non-hydrogen) atoms. The Bertz CT molecular complexity index is 1080. The quantitative estimate of drug-likeness (QED) is 0.411. The first-order valence-electron chi connectivity index (χ1n) is 10.8. The number of rotatable bonds is 8. The summed E-state index contributed by atoms with van der Waals surface area (Å²) in [5.74, 6) is -2.86. The summed E-state index contributed by atoms with van der Waals surface area (Å²) in [6.45, 7) is 2.79. The molecule has 2 N–H and O–H groups in total. The Hall–Kier alpha value is -2.34.